The van der Waals surface area contributed by atoms with E-state index in [0.29, 0.717) is 5.56 Å². The number of hydrogen-bond acceptors (Lipinski definition) is 4. The summed E-state index contributed by atoms with van der Waals surface area (Å²) in [6, 6.07) is 13.0. The molecule has 0 fully saturated rings. The maximum absolute atomic E-state index is 12.1. The average Bonchev–Trinajstić information content (AvgIpc) is 2.63. The van der Waals surface area contributed by atoms with Crippen molar-refractivity contribution in [2.24, 2.45) is 0 Å². The molecule has 1 unspecified atom stereocenters. The van der Waals surface area contributed by atoms with Crippen LogP contribution >= 0.6 is 0 Å². The van der Waals surface area contributed by atoms with Gasteiger partial charge in [-0.25, -0.2) is 0 Å². The highest BCUT2D eigenvalue weighted by Gasteiger charge is 2.12. The second-order valence-corrected chi connectivity index (χ2v) is 5.78. The molecule has 2 aromatic rings. The van der Waals surface area contributed by atoms with Gasteiger partial charge in [-0.15, -0.1) is 0 Å². The minimum atomic E-state index is -0.659. The standard InChI is InChI=1S/C19H22N2O4/c1-3-13(2)21-17(22)12-25-18(23)11-20-19(24)16-9-8-14-6-4-5-7-15(14)10-16/h4-10,13H,3,11-12H2,1-2H3,(H,20,24)(H,21,22). The van der Waals surface area contributed by atoms with Gasteiger partial charge >= 0.3 is 5.97 Å². The van der Waals surface area contributed by atoms with Gasteiger partial charge in [-0.1, -0.05) is 37.3 Å². The SMILES string of the molecule is CCC(C)NC(=O)COC(=O)CNC(=O)c1ccc2ccccc2c1. The van der Waals surface area contributed by atoms with Gasteiger partial charge in [-0.05, 0) is 36.2 Å². The number of carbonyl (C=O) groups is 3. The van der Waals surface area contributed by atoms with E-state index in [9.17, 15) is 14.4 Å². The summed E-state index contributed by atoms with van der Waals surface area (Å²) in [5, 5.41) is 7.16. The normalized spacial score (nSPS) is 11.6. The highest BCUT2D eigenvalue weighted by atomic mass is 16.5. The molecule has 0 aromatic heterocycles. The molecule has 2 N–H and O–H groups in total. The molecule has 0 aliphatic carbocycles. The van der Waals surface area contributed by atoms with Gasteiger partial charge in [-0.2, -0.15) is 0 Å². The third-order valence-electron chi connectivity index (χ3n) is 3.79. The van der Waals surface area contributed by atoms with Crippen molar-refractivity contribution in [2.45, 2.75) is 26.3 Å². The molecule has 0 heterocycles. The summed E-state index contributed by atoms with van der Waals surface area (Å²) in [5.41, 5.74) is 0.459. The summed E-state index contributed by atoms with van der Waals surface area (Å²) in [7, 11) is 0. The Balaban J connectivity index is 1.80. The first kappa shape index (κ1) is 18.4. The number of nitrogens with one attached hydrogen (secondary N) is 2. The first-order chi connectivity index (χ1) is 12.0. The summed E-state index contributed by atoms with van der Waals surface area (Å²) >= 11 is 0. The number of rotatable bonds is 7. The van der Waals surface area contributed by atoms with Gasteiger partial charge in [0.05, 0.1) is 0 Å². The molecule has 1 atom stereocenters. The van der Waals surface area contributed by atoms with E-state index in [0.717, 1.165) is 17.2 Å². The lowest BCUT2D eigenvalue weighted by molar-refractivity contribution is -0.147. The van der Waals surface area contributed by atoms with Crippen molar-refractivity contribution in [1.82, 2.24) is 10.6 Å². The molecule has 132 valence electrons. The third kappa shape index (κ3) is 5.60. The number of amides is 2. The third-order valence-corrected chi connectivity index (χ3v) is 3.79. The van der Waals surface area contributed by atoms with Gasteiger partial charge in [0.2, 0.25) is 0 Å². The lowest BCUT2D eigenvalue weighted by Gasteiger charge is -2.11. The van der Waals surface area contributed by atoms with Crippen molar-refractivity contribution in [3.63, 3.8) is 0 Å². The number of fused-ring (bicyclic) bond motifs is 1. The van der Waals surface area contributed by atoms with Crippen LogP contribution in [0.25, 0.3) is 10.8 Å². The summed E-state index contributed by atoms with van der Waals surface area (Å²) in [6.07, 6.45) is 0.793. The monoisotopic (exact) mass is 342 g/mol. The molecule has 2 aromatic carbocycles. The quantitative estimate of drug-likeness (QED) is 0.754. The lowest BCUT2D eigenvalue weighted by Crippen LogP contribution is -2.37. The van der Waals surface area contributed by atoms with Crippen molar-refractivity contribution in [2.75, 3.05) is 13.2 Å². The fourth-order valence-corrected chi connectivity index (χ4v) is 2.20. The Hall–Kier alpha value is -2.89. The van der Waals surface area contributed by atoms with Crippen molar-refractivity contribution >= 4 is 28.6 Å². The fraction of sp³-hybridized carbons (Fsp3) is 0.316. The molecular formula is C19H22N2O4. The Bertz CT molecular complexity index is 773. The molecule has 0 saturated carbocycles. The van der Waals surface area contributed by atoms with Crippen LogP contribution in [0.3, 0.4) is 0 Å². The minimum Gasteiger partial charge on any atom is -0.454 e. The Morgan fingerprint density at radius 1 is 1.08 bits per heavy atom. The number of hydrogen-bond donors (Lipinski definition) is 2. The molecule has 0 radical (unpaired) electrons. The highest BCUT2D eigenvalue weighted by Crippen LogP contribution is 2.15. The zero-order chi connectivity index (χ0) is 18.2. The highest BCUT2D eigenvalue weighted by molar-refractivity contribution is 5.99. The predicted octanol–water partition coefficient (Wildman–Crippen LogP) is 2.03. The van der Waals surface area contributed by atoms with E-state index in [4.69, 9.17) is 4.74 Å². The maximum Gasteiger partial charge on any atom is 0.325 e. The average molecular weight is 342 g/mol. The Morgan fingerprint density at radius 3 is 2.52 bits per heavy atom. The van der Waals surface area contributed by atoms with Crippen LogP contribution in [-0.4, -0.2) is 37.0 Å². The Morgan fingerprint density at radius 2 is 1.80 bits per heavy atom. The van der Waals surface area contributed by atoms with E-state index in [2.05, 4.69) is 10.6 Å². The van der Waals surface area contributed by atoms with Crippen molar-refractivity contribution in [3.05, 3.63) is 48.0 Å². The van der Waals surface area contributed by atoms with Crippen LogP contribution < -0.4 is 10.6 Å². The molecule has 0 bridgehead atoms. The molecule has 6 heteroatoms. The molecule has 0 saturated heterocycles. The van der Waals surface area contributed by atoms with E-state index < -0.39 is 5.97 Å². The smallest absolute Gasteiger partial charge is 0.325 e. The number of ether oxygens (including phenoxy) is 1. The zero-order valence-electron chi connectivity index (χ0n) is 14.4. The number of benzene rings is 2. The summed E-state index contributed by atoms with van der Waals surface area (Å²) in [5.74, 6) is -1.39. The van der Waals surface area contributed by atoms with Crippen molar-refractivity contribution in [3.8, 4) is 0 Å². The van der Waals surface area contributed by atoms with Gasteiger partial charge in [0.1, 0.15) is 6.54 Å². The van der Waals surface area contributed by atoms with Crippen LogP contribution in [0.5, 0.6) is 0 Å². The molecular weight excluding hydrogens is 320 g/mol. The largest absolute Gasteiger partial charge is 0.454 e. The van der Waals surface area contributed by atoms with E-state index in [1.807, 2.05) is 44.2 Å². The van der Waals surface area contributed by atoms with Gasteiger partial charge in [0.15, 0.2) is 6.61 Å². The Kier molecular flexibility index (Phi) is 6.51. The number of carbonyl (C=O) groups excluding carboxylic acids is 3. The van der Waals surface area contributed by atoms with Crippen LogP contribution in [0.4, 0.5) is 0 Å². The van der Waals surface area contributed by atoms with Crippen molar-refractivity contribution < 1.29 is 19.1 Å². The van der Waals surface area contributed by atoms with E-state index in [-0.39, 0.29) is 31.0 Å². The van der Waals surface area contributed by atoms with Gasteiger partial charge in [-0.3, -0.25) is 14.4 Å². The second kappa shape index (κ2) is 8.82. The molecule has 25 heavy (non-hydrogen) atoms. The van der Waals surface area contributed by atoms with Gasteiger partial charge in [0, 0.05) is 11.6 Å². The molecule has 0 spiro atoms. The van der Waals surface area contributed by atoms with Crippen molar-refractivity contribution in [1.29, 1.82) is 0 Å². The lowest BCUT2D eigenvalue weighted by atomic mass is 10.1. The van der Waals surface area contributed by atoms with E-state index in [1.165, 1.54) is 0 Å². The van der Waals surface area contributed by atoms with E-state index in [1.54, 1.807) is 12.1 Å². The second-order valence-electron chi connectivity index (χ2n) is 5.78. The van der Waals surface area contributed by atoms with Crippen LogP contribution in [0.15, 0.2) is 42.5 Å². The van der Waals surface area contributed by atoms with E-state index >= 15 is 0 Å². The van der Waals surface area contributed by atoms with Crippen LogP contribution in [0.1, 0.15) is 30.6 Å². The number of esters is 1. The van der Waals surface area contributed by atoms with Crippen LogP contribution in [0.2, 0.25) is 0 Å². The topological polar surface area (TPSA) is 84.5 Å². The Labute approximate surface area is 146 Å². The summed E-state index contributed by atoms with van der Waals surface area (Å²) in [6.45, 7) is 3.17. The zero-order valence-corrected chi connectivity index (χ0v) is 14.4. The van der Waals surface area contributed by atoms with Gasteiger partial charge in [0.25, 0.3) is 11.8 Å². The molecule has 6 nitrogen and oxygen atoms in total. The van der Waals surface area contributed by atoms with Crippen LogP contribution in [0, 0.1) is 0 Å². The first-order valence-electron chi connectivity index (χ1n) is 8.21. The summed E-state index contributed by atoms with van der Waals surface area (Å²) < 4.78 is 4.84. The maximum atomic E-state index is 12.1. The van der Waals surface area contributed by atoms with Crippen LogP contribution in [-0.2, 0) is 14.3 Å². The fourth-order valence-electron chi connectivity index (χ4n) is 2.20. The minimum absolute atomic E-state index is 0.0267. The molecule has 2 rings (SSSR count). The predicted molar refractivity (Wildman–Crippen MR) is 95.1 cm³/mol. The summed E-state index contributed by atoms with van der Waals surface area (Å²) in [4.78, 5) is 35.3. The molecule has 0 aliphatic heterocycles. The first-order valence-corrected chi connectivity index (χ1v) is 8.21. The molecule has 2 amide bonds. The van der Waals surface area contributed by atoms with Gasteiger partial charge < -0.3 is 15.4 Å². The molecule has 0 aliphatic rings.